The quantitative estimate of drug-likeness (QED) is 0.868. The first-order valence-corrected chi connectivity index (χ1v) is 7.12. The minimum atomic E-state index is -0.203. The highest BCUT2D eigenvalue weighted by Gasteiger charge is 2.24. The minimum absolute atomic E-state index is 0.203. The fourth-order valence-corrected chi connectivity index (χ4v) is 2.70. The van der Waals surface area contributed by atoms with Gasteiger partial charge in [-0.05, 0) is 39.5 Å². The van der Waals surface area contributed by atoms with Gasteiger partial charge in [-0.1, -0.05) is 0 Å². The fourth-order valence-electron chi connectivity index (χ4n) is 2.70. The number of rotatable bonds is 4. The Morgan fingerprint density at radius 1 is 1.42 bits per heavy atom. The summed E-state index contributed by atoms with van der Waals surface area (Å²) < 4.78 is 0. The zero-order chi connectivity index (χ0) is 13.8. The van der Waals surface area contributed by atoms with Crippen molar-refractivity contribution in [2.75, 3.05) is 29.9 Å². The summed E-state index contributed by atoms with van der Waals surface area (Å²) in [5.41, 5.74) is 1.11. The van der Waals surface area contributed by atoms with Crippen LogP contribution in [0.5, 0.6) is 0 Å². The first-order valence-electron chi connectivity index (χ1n) is 7.12. The highest BCUT2D eigenvalue weighted by Crippen LogP contribution is 2.28. The second-order valence-corrected chi connectivity index (χ2v) is 5.27. The molecule has 1 aliphatic rings. The van der Waals surface area contributed by atoms with Crippen LogP contribution in [0.25, 0.3) is 0 Å². The van der Waals surface area contributed by atoms with Crippen molar-refractivity contribution in [3.63, 3.8) is 0 Å². The van der Waals surface area contributed by atoms with Crippen LogP contribution >= 0.6 is 0 Å². The number of nitrogens with one attached hydrogen (secondary N) is 1. The van der Waals surface area contributed by atoms with Gasteiger partial charge in [0, 0.05) is 25.2 Å². The van der Waals surface area contributed by atoms with E-state index in [9.17, 15) is 5.11 Å². The van der Waals surface area contributed by atoms with Gasteiger partial charge in [0.05, 0.1) is 6.10 Å². The molecule has 5 heteroatoms. The van der Waals surface area contributed by atoms with Crippen molar-refractivity contribution in [2.45, 2.75) is 39.7 Å². The van der Waals surface area contributed by atoms with E-state index in [4.69, 9.17) is 0 Å². The molecule has 0 bridgehead atoms. The predicted octanol–water partition coefficient (Wildman–Crippen LogP) is 1.81. The average molecular weight is 264 g/mol. The van der Waals surface area contributed by atoms with E-state index in [2.05, 4.69) is 34.0 Å². The molecule has 19 heavy (non-hydrogen) atoms. The molecule has 1 aromatic rings. The number of aliphatic hydroxyl groups excluding tert-OH is 1. The third-order valence-corrected chi connectivity index (χ3v) is 3.92. The smallest absolute Gasteiger partial charge is 0.137 e. The van der Waals surface area contributed by atoms with Crippen molar-refractivity contribution < 1.29 is 5.11 Å². The molecule has 1 fully saturated rings. The normalized spacial score (nSPS) is 18.4. The standard InChI is InChI=1S/C14H24N4O/c1-4-15-13-10(2)14(17-9-16-13)18-7-5-12(6-8-18)11(3)19/h9,11-12,19H,4-8H2,1-3H3,(H,15,16,17). The summed E-state index contributed by atoms with van der Waals surface area (Å²) in [6.07, 6.45) is 3.47. The molecule has 1 aliphatic heterocycles. The largest absolute Gasteiger partial charge is 0.393 e. The Bertz CT molecular complexity index is 414. The van der Waals surface area contributed by atoms with Crippen LogP contribution in [-0.4, -0.2) is 40.8 Å². The van der Waals surface area contributed by atoms with E-state index in [0.717, 1.165) is 49.7 Å². The van der Waals surface area contributed by atoms with Gasteiger partial charge in [0.15, 0.2) is 0 Å². The molecule has 0 aromatic carbocycles. The van der Waals surface area contributed by atoms with Gasteiger partial charge in [-0.2, -0.15) is 0 Å². The summed E-state index contributed by atoms with van der Waals surface area (Å²) >= 11 is 0. The van der Waals surface area contributed by atoms with E-state index in [1.54, 1.807) is 6.33 Å². The van der Waals surface area contributed by atoms with Crippen LogP contribution in [0.15, 0.2) is 6.33 Å². The summed E-state index contributed by atoms with van der Waals surface area (Å²) in [6.45, 7) is 8.79. The highest BCUT2D eigenvalue weighted by molar-refractivity contribution is 5.58. The lowest BCUT2D eigenvalue weighted by Crippen LogP contribution is -2.38. The maximum absolute atomic E-state index is 9.65. The van der Waals surface area contributed by atoms with Crippen LogP contribution in [0.2, 0.25) is 0 Å². The molecular weight excluding hydrogens is 240 g/mol. The molecule has 1 saturated heterocycles. The molecular formula is C14H24N4O. The average Bonchev–Trinajstić information content (AvgIpc) is 2.41. The summed E-state index contributed by atoms with van der Waals surface area (Å²) in [5.74, 6) is 2.37. The van der Waals surface area contributed by atoms with Crippen LogP contribution in [0, 0.1) is 12.8 Å². The highest BCUT2D eigenvalue weighted by atomic mass is 16.3. The lowest BCUT2D eigenvalue weighted by atomic mass is 9.92. The fraction of sp³-hybridized carbons (Fsp3) is 0.714. The Balaban J connectivity index is 2.09. The van der Waals surface area contributed by atoms with Gasteiger partial charge in [-0.25, -0.2) is 9.97 Å². The Hall–Kier alpha value is -1.36. The van der Waals surface area contributed by atoms with E-state index >= 15 is 0 Å². The van der Waals surface area contributed by atoms with Crippen molar-refractivity contribution >= 4 is 11.6 Å². The zero-order valence-corrected chi connectivity index (χ0v) is 12.1. The van der Waals surface area contributed by atoms with Crippen molar-refractivity contribution in [3.8, 4) is 0 Å². The van der Waals surface area contributed by atoms with E-state index in [1.165, 1.54) is 0 Å². The number of aliphatic hydroxyl groups is 1. The number of anilines is 2. The zero-order valence-electron chi connectivity index (χ0n) is 12.1. The minimum Gasteiger partial charge on any atom is -0.393 e. The molecule has 5 nitrogen and oxygen atoms in total. The molecule has 0 spiro atoms. The molecule has 2 rings (SSSR count). The number of piperidine rings is 1. The third kappa shape index (κ3) is 3.15. The van der Waals surface area contributed by atoms with Crippen LogP contribution in [-0.2, 0) is 0 Å². The molecule has 1 aromatic heterocycles. The molecule has 0 aliphatic carbocycles. The molecule has 2 heterocycles. The second-order valence-electron chi connectivity index (χ2n) is 5.27. The van der Waals surface area contributed by atoms with Gasteiger partial charge in [0.25, 0.3) is 0 Å². The molecule has 1 unspecified atom stereocenters. The van der Waals surface area contributed by atoms with E-state index in [-0.39, 0.29) is 6.10 Å². The number of hydrogen-bond donors (Lipinski definition) is 2. The van der Waals surface area contributed by atoms with Gasteiger partial charge in [-0.3, -0.25) is 0 Å². The Kier molecular flexibility index (Phi) is 4.58. The van der Waals surface area contributed by atoms with Gasteiger partial charge in [0.2, 0.25) is 0 Å². The SMILES string of the molecule is CCNc1ncnc(N2CCC(C(C)O)CC2)c1C. The van der Waals surface area contributed by atoms with Crippen LogP contribution in [0.3, 0.4) is 0 Å². The molecule has 0 amide bonds. The lowest BCUT2D eigenvalue weighted by molar-refractivity contribution is 0.109. The first-order chi connectivity index (χ1) is 9.13. The number of aromatic nitrogens is 2. The van der Waals surface area contributed by atoms with E-state index in [1.807, 2.05) is 6.92 Å². The Labute approximate surface area is 115 Å². The van der Waals surface area contributed by atoms with E-state index < -0.39 is 0 Å². The molecule has 1 atom stereocenters. The Morgan fingerprint density at radius 2 is 2.11 bits per heavy atom. The van der Waals surface area contributed by atoms with Gasteiger partial charge in [0.1, 0.15) is 18.0 Å². The van der Waals surface area contributed by atoms with Gasteiger partial charge in [-0.15, -0.1) is 0 Å². The first kappa shape index (κ1) is 14.1. The molecule has 0 saturated carbocycles. The van der Waals surface area contributed by atoms with Crippen molar-refractivity contribution in [1.29, 1.82) is 0 Å². The lowest BCUT2D eigenvalue weighted by Gasteiger charge is -2.34. The Morgan fingerprint density at radius 3 is 2.68 bits per heavy atom. The second kappa shape index (κ2) is 6.19. The summed E-state index contributed by atoms with van der Waals surface area (Å²) in [4.78, 5) is 11.0. The van der Waals surface area contributed by atoms with Gasteiger partial charge < -0.3 is 15.3 Å². The molecule has 106 valence electrons. The summed E-state index contributed by atoms with van der Waals surface area (Å²) in [6, 6.07) is 0. The van der Waals surface area contributed by atoms with Crippen molar-refractivity contribution in [3.05, 3.63) is 11.9 Å². The topological polar surface area (TPSA) is 61.3 Å². The van der Waals surface area contributed by atoms with E-state index in [0.29, 0.717) is 5.92 Å². The van der Waals surface area contributed by atoms with Crippen molar-refractivity contribution in [2.24, 2.45) is 5.92 Å². The van der Waals surface area contributed by atoms with Crippen LogP contribution < -0.4 is 10.2 Å². The monoisotopic (exact) mass is 264 g/mol. The maximum atomic E-state index is 9.65. The van der Waals surface area contributed by atoms with Crippen molar-refractivity contribution in [1.82, 2.24) is 9.97 Å². The number of hydrogen-bond acceptors (Lipinski definition) is 5. The molecule has 0 radical (unpaired) electrons. The maximum Gasteiger partial charge on any atom is 0.137 e. The molecule has 2 N–H and O–H groups in total. The van der Waals surface area contributed by atoms with Crippen LogP contribution in [0.1, 0.15) is 32.3 Å². The third-order valence-electron chi connectivity index (χ3n) is 3.92. The number of nitrogens with zero attached hydrogens (tertiary/aromatic N) is 3. The summed E-state index contributed by atoms with van der Waals surface area (Å²) in [5, 5.41) is 12.9. The summed E-state index contributed by atoms with van der Waals surface area (Å²) in [7, 11) is 0. The predicted molar refractivity (Wildman–Crippen MR) is 77.6 cm³/mol. The van der Waals surface area contributed by atoms with Gasteiger partial charge >= 0.3 is 0 Å². The van der Waals surface area contributed by atoms with Crippen LogP contribution in [0.4, 0.5) is 11.6 Å².